The molecule has 2 amide bonds. The summed E-state index contributed by atoms with van der Waals surface area (Å²) in [6, 6.07) is 7.96. The molecule has 0 saturated carbocycles. The van der Waals surface area contributed by atoms with Gasteiger partial charge in [-0.25, -0.2) is 9.59 Å². The highest BCUT2D eigenvalue weighted by molar-refractivity contribution is 5.81. The van der Waals surface area contributed by atoms with E-state index in [-0.39, 0.29) is 0 Å². The first-order valence-corrected chi connectivity index (χ1v) is 4.57. The minimum absolute atomic E-state index is 0.622. The van der Waals surface area contributed by atoms with Crippen molar-refractivity contribution in [3.05, 3.63) is 48.6 Å². The Hall–Kier alpha value is -2.30. The monoisotopic (exact) mass is 220 g/mol. The molecule has 1 aromatic rings. The molecule has 16 heavy (non-hydrogen) atoms. The first-order chi connectivity index (χ1) is 7.63. The maximum absolute atomic E-state index is 11.0. The maximum Gasteiger partial charge on any atom is 0.332 e. The van der Waals surface area contributed by atoms with Gasteiger partial charge in [0.15, 0.2) is 0 Å². The van der Waals surface area contributed by atoms with Crippen molar-refractivity contribution in [1.29, 1.82) is 0 Å². The highest BCUT2D eigenvalue weighted by Crippen LogP contribution is 2.13. The van der Waals surface area contributed by atoms with Crippen molar-refractivity contribution in [3.63, 3.8) is 0 Å². The number of carbonyl (C=O) groups excluding carboxylic acids is 2. The zero-order chi connectivity index (χ0) is 12.0. The Balaban J connectivity index is 2.83. The van der Waals surface area contributed by atoms with Gasteiger partial charge in [-0.1, -0.05) is 36.9 Å². The van der Waals surface area contributed by atoms with Crippen LogP contribution < -0.4 is 11.1 Å². The molecule has 0 fully saturated rings. The van der Waals surface area contributed by atoms with Crippen LogP contribution in [0.3, 0.4) is 0 Å². The molecule has 0 heterocycles. The highest BCUT2D eigenvalue weighted by Gasteiger charge is 2.15. The topological polar surface area (TPSA) is 81.4 Å². The highest BCUT2D eigenvalue weighted by atomic mass is 16.6. The summed E-state index contributed by atoms with van der Waals surface area (Å²) in [5, 5.41) is 2.31. The van der Waals surface area contributed by atoms with Gasteiger partial charge in [-0.2, -0.15) is 0 Å². The molecule has 0 aliphatic rings. The second kappa shape index (κ2) is 5.55. The van der Waals surface area contributed by atoms with Crippen LogP contribution in [-0.2, 0) is 9.53 Å². The molecule has 1 atom stereocenters. The first kappa shape index (κ1) is 11.8. The fourth-order valence-corrected chi connectivity index (χ4v) is 1.10. The Labute approximate surface area is 92.9 Å². The standard InChI is InChI=1S/C11H12N2O3/c1-2-9(14)16-10(13-11(12)15)8-6-4-3-5-7-8/h2-7,10H,1H2,(H3,12,13,15). The molecule has 84 valence electrons. The molecule has 0 spiro atoms. The number of nitrogens with one attached hydrogen (secondary N) is 1. The molecular weight excluding hydrogens is 208 g/mol. The number of primary amides is 1. The van der Waals surface area contributed by atoms with E-state index < -0.39 is 18.2 Å². The number of amides is 2. The fraction of sp³-hybridized carbons (Fsp3) is 0.0909. The van der Waals surface area contributed by atoms with Crippen LogP contribution >= 0.6 is 0 Å². The molecule has 0 aromatic heterocycles. The Morgan fingerprint density at radius 2 is 2.00 bits per heavy atom. The maximum atomic E-state index is 11.0. The summed E-state index contributed by atoms with van der Waals surface area (Å²) in [7, 11) is 0. The van der Waals surface area contributed by atoms with Crippen LogP contribution in [0.5, 0.6) is 0 Å². The number of nitrogens with two attached hydrogens (primary N) is 1. The van der Waals surface area contributed by atoms with Gasteiger partial charge in [0.1, 0.15) is 0 Å². The molecule has 0 bridgehead atoms. The molecule has 5 nitrogen and oxygen atoms in total. The van der Waals surface area contributed by atoms with Crippen molar-refractivity contribution >= 4 is 12.0 Å². The van der Waals surface area contributed by atoms with Crippen molar-refractivity contribution in [3.8, 4) is 0 Å². The zero-order valence-electron chi connectivity index (χ0n) is 8.55. The molecule has 1 rings (SSSR count). The lowest BCUT2D eigenvalue weighted by atomic mass is 10.2. The quantitative estimate of drug-likeness (QED) is 0.452. The van der Waals surface area contributed by atoms with Gasteiger partial charge in [0.05, 0.1) is 0 Å². The normalized spacial score (nSPS) is 11.2. The summed E-state index contributed by atoms with van der Waals surface area (Å²) in [6.07, 6.45) is 0.114. The molecule has 5 heteroatoms. The van der Waals surface area contributed by atoms with Crippen LogP contribution in [0.2, 0.25) is 0 Å². The van der Waals surface area contributed by atoms with Gasteiger partial charge < -0.3 is 10.5 Å². The number of hydrogen-bond acceptors (Lipinski definition) is 3. The minimum atomic E-state index is -0.899. The third kappa shape index (κ3) is 3.45. The predicted molar refractivity (Wildman–Crippen MR) is 58.2 cm³/mol. The third-order valence-electron chi connectivity index (χ3n) is 1.78. The number of carbonyl (C=O) groups is 2. The Morgan fingerprint density at radius 1 is 1.38 bits per heavy atom. The smallest absolute Gasteiger partial charge is 0.332 e. The van der Waals surface area contributed by atoms with Crippen molar-refractivity contribution < 1.29 is 14.3 Å². The molecular formula is C11H12N2O3. The average Bonchev–Trinajstić information content (AvgIpc) is 2.28. The molecule has 1 aromatic carbocycles. The number of rotatable bonds is 4. The van der Waals surface area contributed by atoms with Crippen molar-refractivity contribution in [2.45, 2.75) is 6.23 Å². The number of urea groups is 1. The lowest BCUT2D eigenvalue weighted by Gasteiger charge is -2.17. The van der Waals surface area contributed by atoms with Crippen LogP contribution in [0.4, 0.5) is 4.79 Å². The average molecular weight is 220 g/mol. The lowest BCUT2D eigenvalue weighted by molar-refractivity contribution is -0.144. The summed E-state index contributed by atoms with van der Waals surface area (Å²) in [5.41, 5.74) is 5.60. The van der Waals surface area contributed by atoms with Crippen LogP contribution in [-0.4, -0.2) is 12.0 Å². The van der Waals surface area contributed by atoms with Gasteiger partial charge in [-0.3, -0.25) is 5.32 Å². The summed E-state index contributed by atoms with van der Waals surface area (Å²) in [6.45, 7) is 3.27. The van der Waals surface area contributed by atoms with Gasteiger partial charge in [-0.15, -0.1) is 0 Å². The van der Waals surface area contributed by atoms with Crippen LogP contribution in [0.25, 0.3) is 0 Å². The van der Waals surface area contributed by atoms with Crippen LogP contribution in [0, 0.1) is 0 Å². The van der Waals surface area contributed by atoms with Crippen molar-refractivity contribution in [1.82, 2.24) is 5.32 Å². The van der Waals surface area contributed by atoms with Crippen molar-refractivity contribution in [2.24, 2.45) is 5.73 Å². The van der Waals surface area contributed by atoms with E-state index in [2.05, 4.69) is 11.9 Å². The summed E-state index contributed by atoms with van der Waals surface area (Å²) in [4.78, 5) is 21.8. The molecule has 0 saturated heterocycles. The molecule has 0 radical (unpaired) electrons. The van der Waals surface area contributed by atoms with E-state index in [1.807, 2.05) is 0 Å². The Bertz CT molecular complexity index is 389. The fourth-order valence-electron chi connectivity index (χ4n) is 1.10. The van der Waals surface area contributed by atoms with Gasteiger partial charge in [-0.05, 0) is 0 Å². The molecule has 0 aliphatic heterocycles. The number of benzene rings is 1. The van der Waals surface area contributed by atoms with E-state index in [4.69, 9.17) is 10.5 Å². The van der Waals surface area contributed by atoms with Gasteiger partial charge in [0, 0.05) is 11.6 Å². The first-order valence-electron chi connectivity index (χ1n) is 4.57. The van der Waals surface area contributed by atoms with E-state index in [1.165, 1.54) is 0 Å². The van der Waals surface area contributed by atoms with E-state index in [9.17, 15) is 9.59 Å². The minimum Gasteiger partial charge on any atom is -0.434 e. The van der Waals surface area contributed by atoms with E-state index in [0.29, 0.717) is 5.56 Å². The van der Waals surface area contributed by atoms with Gasteiger partial charge in [0.2, 0.25) is 6.23 Å². The summed E-state index contributed by atoms with van der Waals surface area (Å²) < 4.78 is 4.93. The van der Waals surface area contributed by atoms with Gasteiger partial charge in [0.25, 0.3) is 0 Å². The number of ether oxygens (including phenoxy) is 1. The Morgan fingerprint density at radius 3 is 2.50 bits per heavy atom. The SMILES string of the molecule is C=CC(=O)OC(NC(N)=O)c1ccccc1. The lowest BCUT2D eigenvalue weighted by Crippen LogP contribution is -2.35. The summed E-state index contributed by atoms with van der Waals surface area (Å²) in [5.74, 6) is -0.636. The van der Waals surface area contributed by atoms with Crippen LogP contribution in [0.1, 0.15) is 11.8 Å². The third-order valence-corrected chi connectivity index (χ3v) is 1.78. The van der Waals surface area contributed by atoms with E-state index in [1.54, 1.807) is 30.3 Å². The molecule has 0 aliphatic carbocycles. The van der Waals surface area contributed by atoms with E-state index >= 15 is 0 Å². The van der Waals surface area contributed by atoms with E-state index in [0.717, 1.165) is 6.08 Å². The Kier molecular flexibility index (Phi) is 4.08. The van der Waals surface area contributed by atoms with Crippen LogP contribution in [0.15, 0.2) is 43.0 Å². The number of hydrogen-bond donors (Lipinski definition) is 2. The largest absolute Gasteiger partial charge is 0.434 e. The van der Waals surface area contributed by atoms with Gasteiger partial charge >= 0.3 is 12.0 Å². The number of esters is 1. The molecule has 3 N–H and O–H groups in total. The predicted octanol–water partition coefficient (Wildman–Crippen LogP) is 1.08. The summed E-state index contributed by atoms with van der Waals surface area (Å²) >= 11 is 0. The second-order valence-electron chi connectivity index (χ2n) is 2.94. The molecule has 1 unspecified atom stereocenters. The zero-order valence-corrected chi connectivity index (χ0v) is 8.55. The second-order valence-corrected chi connectivity index (χ2v) is 2.94. The van der Waals surface area contributed by atoms with Crippen molar-refractivity contribution in [2.75, 3.05) is 0 Å².